The summed E-state index contributed by atoms with van der Waals surface area (Å²) in [6, 6.07) is 22.6. The molecule has 0 aliphatic carbocycles. The van der Waals surface area contributed by atoms with Crippen molar-refractivity contribution in [2.75, 3.05) is 7.11 Å². The van der Waals surface area contributed by atoms with Crippen molar-refractivity contribution in [3.05, 3.63) is 72.3 Å². The number of thioether (sulfide) groups is 1. The van der Waals surface area contributed by atoms with Crippen LogP contribution in [-0.4, -0.2) is 22.3 Å². The van der Waals surface area contributed by atoms with Gasteiger partial charge in [-0.2, -0.15) is 0 Å². The molecule has 1 heterocycles. The summed E-state index contributed by atoms with van der Waals surface area (Å²) in [6.07, 6.45) is 0. The molecule has 4 rings (SSSR count). The molecule has 0 spiro atoms. The van der Waals surface area contributed by atoms with Gasteiger partial charge in [0.05, 0.1) is 12.7 Å². The Bertz CT molecular complexity index is 1010. The Morgan fingerprint density at radius 3 is 2.68 bits per heavy atom. The molecule has 0 atom stereocenters. The molecular formula is C20H17N3OS. The number of fused-ring (bicyclic) bond motifs is 1. The summed E-state index contributed by atoms with van der Waals surface area (Å²) in [6.45, 7) is 0. The standard InChI is InChI=1S/C20H17N3OS/c1-24-18-12-5-4-11-17(18)19-21-20(23-22-19)25-13-15-9-6-8-14-7-2-3-10-16(14)15/h2-12H,13H2,1H3,(H,21,22,23). The van der Waals surface area contributed by atoms with Crippen LogP contribution in [0.4, 0.5) is 0 Å². The molecule has 1 N–H and O–H groups in total. The minimum Gasteiger partial charge on any atom is -0.496 e. The number of hydrogen-bond acceptors (Lipinski definition) is 4. The van der Waals surface area contributed by atoms with Gasteiger partial charge in [0.15, 0.2) is 5.82 Å². The van der Waals surface area contributed by atoms with E-state index in [0.29, 0.717) is 0 Å². The summed E-state index contributed by atoms with van der Waals surface area (Å²) in [5.74, 6) is 2.33. The molecule has 0 aliphatic rings. The van der Waals surface area contributed by atoms with E-state index in [0.717, 1.165) is 28.0 Å². The Kier molecular flexibility index (Phi) is 4.39. The molecule has 5 heteroatoms. The van der Waals surface area contributed by atoms with Gasteiger partial charge in [0.25, 0.3) is 0 Å². The van der Waals surface area contributed by atoms with Crippen LogP contribution in [0, 0.1) is 0 Å². The summed E-state index contributed by atoms with van der Waals surface area (Å²) in [5.41, 5.74) is 2.20. The fourth-order valence-electron chi connectivity index (χ4n) is 2.83. The molecule has 0 radical (unpaired) electrons. The zero-order valence-electron chi connectivity index (χ0n) is 13.8. The number of nitrogens with one attached hydrogen (secondary N) is 1. The molecule has 0 aliphatic heterocycles. The number of para-hydroxylation sites is 1. The third kappa shape index (κ3) is 3.23. The quantitative estimate of drug-likeness (QED) is 0.520. The predicted octanol–water partition coefficient (Wildman–Crippen LogP) is 4.93. The fraction of sp³-hybridized carbons (Fsp3) is 0.100. The van der Waals surface area contributed by atoms with Crippen molar-refractivity contribution in [3.8, 4) is 17.1 Å². The first-order chi connectivity index (χ1) is 12.3. The SMILES string of the molecule is COc1ccccc1-c1nc(SCc2cccc3ccccc23)n[nH]1. The second kappa shape index (κ2) is 6.99. The van der Waals surface area contributed by atoms with Gasteiger partial charge in [-0.05, 0) is 28.5 Å². The Labute approximate surface area is 150 Å². The lowest BCUT2D eigenvalue weighted by Gasteiger charge is -2.05. The monoisotopic (exact) mass is 347 g/mol. The van der Waals surface area contributed by atoms with Crippen LogP contribution in [0.1, 0.15) is 5.56 Å². The molecule has 1 aromatic heterocycles. The van der Waals surface area contributed by atoms with Crippen molar-refractivity contribution in [1.29, 1.82) is 0 Å². The van der Waals surface area contributed by atoms with Crippen LogP contribution in [0.5, 0.6) is 5.75 Å². The van der Waals surface area contributed by atoms with Crippen molar-refractivity contribution < 1.29 is 4.74 Å². The lowest BCUT2D eigenvalue weighted by Crippen LogP contribution is -1.88. The Morgan fingerprint density at radius 2 is 1.76 bits per heavy atom. The van der Waals surface area contributed by atoms with Crippen LogP contribution in [0.3, 0.4) is 0 Å². The van der Waals surface area contributed by atoms with Crippen LogP contribution >= 0.6 is 11.8 Å². The van der Waals surface area contributed by atoms with Crippen LogP contribution in [-0.2, 0) is 5.75 Å². The van der Waals surface area contributed by atoms with Gasteiger partial charge in [0, 0.05) is 5.75 Å². The van der Waals surface area contributed by atoms with Crippen LogP contribution < -0.4 is 4.74 Å². The van der Waals surface area contributed by atoms with Gasteiger partial charge < -0.3 is 4.74 Å². The maximum absolute atomic E-state index is 5.39. The Hall–Kier alpha value is -2.79. The first-order valence-electron chi connectivity index (χ1n) is 8.00. The van der Waals surface area contributed by atoms with E-state index in [9.17, 15) is 0 Å². The molecule has 25 heavy (non-hydrogen) atoms. The second-order valence-corrected chi connectivity index (χ2v) is 6.54. The van der Waals surface area contributed by atoms with E-state index in [-0.39, 0.29) is 0 Å². The third-order valence-corrected chi connectivity index (χ3v) is 4.96. The number of ether oxygens (including phenoxy) is 1. The van der Waals surface area contributed by atoms with Gasteiger partial charge in [-0.3, -0.25) is 5.10 Å². The molecule has 124 valence electrons. The highest BCUT2D eigenvalue weighted by Crippen LogP contribution is 2.30. The minimum absolute atomic E-state index is 0.720. The molecule has 4 aromatic rings. The van der Waals surface area contributed by atoms with Gasteiger partial charge in [-0.15, -0.1) is 5.10 Å². The Morgan fingerprint density at radius 1 is 0.960 bits per heavy atom. The molecule has 3 aromatic carbocycles. The maximum atomic E-state index is 5.39. The molecule has 0 saturated heterocycles. The van der Waals surface area contributed by atoms with Crippen molar-refractivity contribution in [3.63, 3.8) is 0 Å². The Balaban J connectivity index is 1.55. The molecule has 0 saturated carbocycles. The van der Waals surface area contributed by atoms with E-state index in [1.807, 2.05) is 24.3 Å². The van der Waals surface area contributed by atoms with E-state index in [1.54, 1.807) is 18.9 Å². The zero-order chi connectivity index (χ0) is 17.1. The molecule has 4 nitrogen and oxygen atoms in total. The van der Waals surface area contributed by atoms with Crippen molar-refractivity contribution in [2.45, 2.75) is 10.9 Å². The fourth-order valence-corrected chi connectivity index (χ4v) is 3.63. The van der Waals surface area contributed by atoms with Gasteiger partial charge in [-0.25, -0.2) is 4.98 Å². The normalized spacial score (nSPS) is 10.9. The summed E-state index contributed by atoms with van der Waals surface area (Å²) in [7, 11) is 1.66. The van der Waals surface area contributed by atoms with Gasteiger partial charge in [0.2, 0.25) is 5.16 Å². The largest absolute Gasteiger partial charge is 0.496 e. The molecule has 0 bridgehead atoms. The third-order valence-electron chi connectivity index (χ3n) is 4.06. The van der Waals surface area contributed by atoms with E-state index in [1.165, 1.54) is 16.3 Å². The molecule has 0 unspecified atom stereocenters. The van der Waals surface area contributed by atoms with Crippen molar-refractivity contribution >= 4 is 22.5 Å². The summed E-state index contributed by atoms with van der Waals surface area (Å²) in [5, 5.41) is 10.6. The lowest BCUT2D eigenvalue weighted by atomic mass is 10.1. The number of aromatic amines is 1. The maximum Gasteiger partial charge on any atom is 0.209 e. The molecule has 0 amide bonds. The number of benzene rings is 3. The van der Waals surface area contributed by atoms with E-state index in [2.05, 4.69) is 57.6 Å². The topological polar surface area (TPSA) is 50.8 Å². The average Bonchev–Trinajstić information content (AvgIpc) is 3.15. The number of hydrogen-bond donors (Lipinski definition) is 1. The number of nitrogens with zero attached hydrogens (tertiary/aromatic N) is 2. The number of H-pyrrole nitrogens is 1. The zero-order valence-corrected chi connectivity index (χ0v) is 14.6. The second-order valence-electron chi connectivity index (χ2n) is 5.59. The van der Waals surface area contributed by atoms with Gasteiger partial charge >= 0.3 is 0 Å². The average molecular weight is 347 g/mol. The number of methoxy groups -OCH3 is 1. The number of rotatable bonds is 5. The van der Waals surface area contributed by atoms with Crippen LogP contribution in [0.15, 0.2) is 71.9 Å². The van der Waals surface area contributed by atoms with E-state index >= 15 is 0 Å². The highest BCUT2D eigenvalue weighted by atomic mass is 32.2. The van der Waals surface area contributed by atoms with Gasteiger partial charge in [0.1, 0.15) is 5.75 Å². The lowest BCUT2D eigenvalue weighted by molar-refractivity contribution is 0.416. The van der Waals surface area contributed by atoms with E-state index in [4.69, 9.17) is 4.74 Å². The van der Waals surface area contributed by atoms with Gasteiger partial charge in [-0.1, -0.05) is 66.4 Å². The smallest absolute Gasteiger partial charge is 0.209 e. The highest BCUT2D eigenvalue weighted by molar-refractivity contribution is 7.98. The number of aromatic nitrogens is 3. The van der Waals surface area contributed by atoms with Crippen molar-refractivity contribution in [2.24, 2.45) is 0 Å². The highest BCUT2D eigenvalue weighted by Gasteiger charge is 2.11. The summed E-state index contributed by atoms with van der Waals surface area (Å²) in [4.78, 5) is 4.60. The first kappa shape index (κ1) is 15.7. The molecule has 0 fully saturated rings. The van der Waals surface area contributed by atoms with E-state index < -0.39 is 0 Å². The predicted molar refractivity (Wildman–Crippen MR) is 102 cm³/mol. The first-order valence-corrected chi connectivity index (χ1v) is 8.99. The van der Waals surface area contributed by atoms with Crippen LogP contribution in [0.2, 0.25) is 0 Å². The molecular weight excluding hydrogens is 330 g/mol. The van der Waals surface area contributed by atoms with Crippen molar-refractivity contribution in [1.82, 2.24) is 15.2 Å². The van der Waals surface area contributed by atoms with Crippen LogP contribution in [0.25, 0.3) is 22.2 Å². The minimum atomic E-state index is 0.720. The summed E-state index contributed by atoms with van der Waals surface area (Å²) < 4.78 is 5.39. The summed E-state index contributed by atoms with van der Waals surface area (Å²) >= 11 is 1.62.